The van der Waals surface area contributed by atoms with E-state index in [0.29, 0.717) is 5.92 Å². The van der Waals surface area contributed by atoms with Crippen LogP contribution in [0.2, 0.25) is 0 Å². The van der Waals surface area contributed by atoms with Crippen molar-refractivity contribution in [3.05, 3.63) is 71.8 Å². The van der Waals surface area contributed by atoms with Gasteiger partial charge in [-0.05, 0) is 30.0 Å². The summed E-state index contributed by atoms with van der Waals surface area (Å²) >= 11 is 0. The molecule has 3 heteroatoms. The highest BCUT2D eigenvalue weighted by Crippen LogP contribution is 2.35. The van der Waals surface area contributed by atoms with Crippen LogP contribution in [-0.4, -0.2) is 41.4 Å². The van der Waals surface area contributed by atoms with Gasteiger partial charge in [0.15, 0.2) is 0 Å². The fourth-order valence-electron chi connectivity index (χ4n) is 3.77. The third kappa shape index (κ3) is 3.63. The van der Waals surface area contributed by atoms with Crippen LogP contribution >= 0.6 is 0 Å². The van der Waals surface area contributed by atoms with Gasteiger partial charge < -0.3 is 10.2 Å². The van der Waals surface area contributed by atoms with Crippen molar-refractivity contribution in [1.82, 2.24) is 4.90 Å². The van der Waals surface area contributed by atoms with E-state index in [9.17, 15) is 10.2 Å². The van der Waals surface area contributed by atoms with Crippen molar-refractivity contribution >= 4 is 0 Å². The van der Waals surface area contributed by atoms with E-state index in [1.165, 1.54) is 5.56 Å². The third-order valence-electron chi connectivity index (χ3n) is 5.03. The lowest BCUT2D eigenvalue weighted by molar-refractivity contribution is 0.0476. The Bertz CT molecular complexity index is 587. The fourth-order valence-corrected chi connectivity index (χ4v) is 3.77. The van der Waals surface area contributed by atoms with Gasteiger partial charge in [0, 0.05) is 19.1 Å². The maximum absolute atomic E-state index is 9.88. The average Bonchev–Trinajstić information content (AvgIpc) is 2.64. The van der Waals surface area contributed by atoms with E-state index >= 15 is 0 Å². The summed E-state index contributed by atoms with van der Waals surface area (Å²) < 4.78 is 0. The van der Waals surface area contributed by atoms with Gasteiger partial charge >= 0.3 is 0 Å². The molecule has 1 aliphatic heterocycles. The van der Waals surface area contributed by atoms with E-state index in [1.807, 2.05) is 24.3 Å². The molecule has 0 saturated carbocycles. The van der Waals surface area contributed by atoms with E-state index in [4.69, 9.17) is 0 Å². The summed E-state index contributed by atoms with van der Waals surface area (Å²) in [5.74, 6) is 0.608. The predicted molar refractivity (Wildman–Crippen MR) is 92.2 cm³/mol. The molecule has 1 aliphatic rings. The smallest absolute Gasteiger partial charge is 0.0628 e. The standard InChI is InChI=1S/C20H25NO2/c22-14-18-13-21(20(15-23)17-9-5-2-6-10-17)12-11-19(18)16-7-3-1-4-8-16/h1-10,18-20,22-23H,11-15H2/t18-,19-,20+/m1/s1. The topological polar surface area (TPSA) is 43.7 Å². The van der Waals surface area contributed by atoms with Gasteiger partial charge in [0.05, 0.1) is 12.6 Å². The average molecular weight is 311 g/mol. The fraction of sp³-hybridized carbons (Fsp3) is 0.400. The Balaban J connectivity index is 1.75. The molecule has 1 heterocycles. The zero-order valence-corrected chi connectivity index (χ0v) is 13.4. The Morgan fingerprint density at radius 1 is 0.957 bits per heavy atom. The van der Waals surface area contributed by atoms with E-state index in [2.05, 4.69) is 41.3 Å². The second-order valence-electron chi connectivity index (χ2n) is 6.35. The van der Waals surface area contributed by atoms with Gasteiger partial charge in [-0.15, -0.1) is 0 Å². The van der Waals surface area contributed by atoms with Crippen molar-refractivity contribution in [3.8, 4) is 0 Å². The number of aliphatic hydroxyl groups excluding tert-OH is 2. The first kappa shape index (κ1) is 16.2. The lowest BCUT2D eigenvalue weighted by Gasteiger charge is -2.41. The molecule has 0 aliphatic carbocycles. The Morgan fingerprint density at radius 3 is 2.22 bits per heavy atom. The van der Waals surface area contributed by atoms with Gasteiger partial charge in [-0.2, -0.15) is 0 Å². The second kappa shape index (κ2) is 7.73. The van der Waals surface area contributed by atoms with Crippen LogP contribution in [-0.2, 0) is 0 Å². The number of benzene rings is 2. The zero-order chi connectivity index (χ0) is 16.1. The summed E-state index contributed by atoms with van der Waals surface area (Å²) in [4.78, 5) is 2.32. The number of piperidine rings is 1. The summed E-state index contributed by atoms with van der Waals surface area (Å²) in [5.41, 5.74) is 2.45. The summed E-state index contributed by atoms with van der Waals surface area (Å²) in [6.45, 7) is 2.05. The maximum Gasteiger partial charge on any atom is 0.0628 e. The molecule has 0 radical (unpaired) electrons. The van der Waals surface area contributed by atoms with Crippen molar-refractivity contribution in [2.75, 3.05) is 26.3 Å². The van der Waals surface area contributed by atoms with Crippen molar-refractivity contribution in [1.29, 1.82) is 0 Å². The Hall–Kier alpha value is -1.68. The molecule has 1 fully saturated rings. The molecule has 0 spiro atoms. The van der Waals surface area contributed by atoms with Gasteiger partial charge in [-0.25, -0.2) is 0 Å². The maximum atomic E-state index is 9.88. The minimum absolute atomic E-state index is 0.0157. The molecule has 0 amide bonds. The molecule has 2 aromatic rings. The summed E-state index contributed by atoms with van der Waals surface area (Å²) in [6, 6.07) is 20.6. The van der Waals surface area contributed by atoms with Crippen LogP contribution in [0, 0.1) is 5.92 Å². The van der Waals surface area contributed by atoms with Gasteiger partial charge in [0.25, 0.3) is 0 Å². The number of hydrogen-bond donors (Lipinski definition) is 2. The van der Waals surface area contributed by atoms with Crippen LogP contribution in [0.1, 0.15) is 29.5 Å². The Morgan fingerprint density at radius 2 is 1.61 bits per heavy atom. The number of likely N-dealkylation sites (tertiary alicyclic amines) is 1. The van der Waals surface area contributed by atoms with Crippen molar-refractivity contribution in [3.63, 3.8) is 0 Å². The van der Waals surface area contributed by atoms with Gasteiger partial charge in [0.2, 0.25) is 0 Å². The normalized spacial score (nSPS) is 23.6. The molecule has 122 valence electrons. The summed E-state index contributed by atoms with van der Waals surface area (Å²) in [7, 11) is 0. The highest BCUT2D eigenvalue weighted by molar-refractivity contribution is 5.23. The van der Waals surface area contributed by atoms with Crippen molar-refractivity contribution in [2.45, 2.75) is 18.4 Å². The lowest BCUT2D eigenvalue weighted by Crippen LogP contribution is -2.43. The van der Waals surface area contributed by atoms with Crippen molar-refractivity contribution < 1.29 is 10.2 Å². The number of aliphatic hydroxyl groups is 2. The molecule has 3 nitrogen and oxygen atoms in total. The third-order valence-corrected chi connectivity index (χ3v) is 5.03. The van der Waals surface area contributed by atoms with Crippen LogP contribution in [0.5, 0.6) is 0 Å². The highest BCUT2D eigenvalue weighted by atomic mass is 16.3. The molecule has 1 saturated heterocycles. The molecular weight excluding hydrogens is 286 g/mol. The first-order valence-corrected chi connectivity index (χ1v) is 8.39. The quantitative estimate of drug-likeness (QED) is 0.892. The Labute approximate surface area is 138 Å². The monoisotopic (exact) mass is 311 g/mol. The van der Waals surface area contributed by atoms with Crippen LogP contribution in [0.25, 0.3) is 0 Å². The van der Waals surface area contributed by atoms with E-state index in [0.717, 1.165) is 25.1 Å². The molecule has 2 N–H and O–H groups in total. The molecule has 3 atom stereocenters. The molecular formula is C20H25NO2. The Kier molecular flexibility index (Phi) is 5.44. The van der Waals surface area contributed by atoms with Crippen molar-refractivity contribution in [2.24, 2.45) is 5.92 Å². The lowest BCUT2D eigenvalue weighted by atomic mass is 9.80. The van der Waals surface area contributed by atoms with Crippen LogP contribution in [0.3, 0.4) is 0 Å². The molecule has 23 heavy (non-hydrogen) atoms. The highest BCUT2D eigenvalue weighted by Gasteiger charge is 2.33. The van der Waals surface area contributed by atoms with Gasteiger partial charge in [0.1, 0.15) is 0 Å². The van der Waals surface area contributed by atoms with Gasteiger partial charge in [-0.3, -0.25) is 4.90 Å². The molecule has 0 unspecified atom stereocenters. The first-order chi connectivity index (χ1) is 11.3. The number of rotatable bonds is 5. The summed E-state index contributed by atoms with van der Waals surface area (Å²) in [6.07, 6.45) is 1.01. The zero-order valence-electron chi connectivity index (χ0n) is 13.4. The van der Waals surface area contributed by atoms with E-state index < -0.39 is 0 Å². The van der Waals surface area contributed by atoms with Crippen LogP contribution < -0.4 is 0 Å². The minimum Gasteiger partial charge on any atom is -0.396 e. The van der Waals surface area contributed by atoms with E-state index in [1.54, 1.807) is 0 Å². The molecule has 0 bridgehead atoms. The van der Waals surface area contributed by atoms with Crippen LogP contribution in [0.15, 0.2) is 60.7 Å². The number of nitrogens with zero attached hydrogens (tertiary/aromatic N) is 1. The summed E-state index contributed by atoms with van der Waals surface area (Å²) in [5, 5.41) is 19.7. The SMILES string of the molecule is OC[C@H]1CN([C@@H](CO)c2ccccc2)CC[C@@H]1c1ccccc1. The van der Waals surface area contributed by atoms with E-state index in [-0.39, 0.29) is 25.2 Å². The largest absolute Gasteiger partial charge is 0.396 e. The molecule has 2 aromatic carbocycles. The van der Waals surface area contributed by atoms with Crippen LogP contribution in [0.4, 0.5) is 0 Å². The minimum atomic E-state index is 0.0157. The molecule has 0 aromatic heterocycles. The number of hydrogen-bond acceptors (Lipinski definition) is 3. The van der Waals surface area contributed by atoms with Gasteiger partial charge in [-0.1, -0.05) is 60.7 Å². The first-order valence-electron chi connectivity index (χ1n) is 8.39. The second-order valence-corrected chi connectivity index (χ2v) is 6.35. The molecule has 3 rings (SSSR count). The predicted octanol–water partition coefficient (Wildman–Crippen LogP) is 2.82.